The Morgan fingerprint density at radius 2 is 2.00 bits per heavy atom. The topological polar surface area (TPSA) is 55.1 Å². The summed E-state index contributed by atoms with van der Waals surface area (Å²) < 4.78 is 0. The molecule has 1 aromatic rings. The molecule has 0 bridgehead atoms. The molecule has 0 saturated carbocycles. The smallest absolute Gasteiger partial charge is 0.222 e. The van der Waals surface area contributed by atoms with Crippen LogP contribution in [0.4, 0.5) is 0 Å². The molecule has 1 saturated heterocycles. The van der Waals surface area contributed by atoms with Crippen molar-refractivity contribution in [2.75, 3.05) is 0 Å². The lowest BCUT2D eigenvalue weighted by Gasteiger charge is -2.14. The summed E-state index contributed by atoms with van der Waals surface area (Å²) in [5.41, 5.74) is 6.90. The van der Waals surface area contributed by atoms with Gasteiger partial charge in [0, 0.05) is 12.5 Å². The van der Waals surface area contributed by atoms with Gasteiger partial charge in [0.15, 0.2) is 0 Å². The van der Waals surface area contributed by atoms with Crippen LogP contribution in [0.1, 0.15) is 18.0 Å². The van der Waals surface area contributed by atoms with E-state index in [9.17, 15) is 4.79 Å². The van der Waals surface area contributed by atoms with Crippen LogP contribution in [0, 0.1) is 0 Å². The number of carbonyl (C=O) groups is 1. The van der Waals surface area contributed by atoms with Crippen LogP contribution >= 0.6 is 0 Å². The Kier molecular flexibility index (Phi) is 2.02. The molecule has 0 aliphatic carbocycles. The second kappa shape index (κ2) is 3.18. The fourth-order valence-electron chi connectivity index (χ4n) is 1.66. The normalized spacial score (nSPS) is 27.3. The number of nitrogens with one attached hydrogen (secondary N) is 1. The predicted molar refractivity (Wildman–Crippen MR) is 49.9 cm³/mol. The van der Waals surface area contributed by atoms with Gasteiger partial charge in [-0.05, 0) is 5.56 Å². The molecule has 2 atom stereocenters. The van der Waals surface area contributed by atoms with Gasteiger partial charge < -0.3 is 11.1 Å². The lowest BCUT2D eigenvalue weighted by Crippen LogP contribution is -2.28. The molecule has 1 fully saturated rings. The zero-order valence-corrected chi connectivity index (χ0v) is 7.23. The maximum absolute atomic E-state index is 11.0. The molecule has 0 radical (unpaired) electrons. The van der Waals surface area contributed by atoms with E-state index in [0.29, 0.717) is 6.42 Å². The summed E-state index contributed by atoms with van der Waals surface area (Å²) in [6.07, 6.45) is 0.430. The summed E-state index contributed by atoms with van der Waals surface area (Å²) in [7, 11) is 0. The van der Waals surface area contributed by atoms with Gasteiger partial charge in [0.1, 0.15) is 0 Å². The Morgan fingerprint density at radius 3 is 2.54 bits per heavy atom. The Hall–Kier alpha value is -1.35. The highest BCUT2D eigenvalue weighted by molar-refractivity contribution is 5.80. The summed E-state index contributed by atoms with van der Waals surface area (Å²) in [4.78, 5) is 11.0. The summed E-state index contributed by atoms with van der Waals surface area (Å²) in [5, 5.41) is 2.86. The van der Waals surface area contributed by atoms with E-state index >= 15 is 0 Å². The van der Waals surface area contributed by atoms with E-state index in [4.69, 9.17) is 5.73 Å². The number of hydrogen-bond donors (Lipinski definition) is 2. The van der Waals surface area contributed by atoms with E-state index in [1.807, 2.05) is 30.3 Å². The number of amides is 1. The Morgan fingerprint density at radius 1 is 1.31 bits per heavy atom. The minimum atomic E-state index is -0.0881. The van der Waals surface area contributed by atoms with Crippen LogP contribution in [-0.2, 0) is 4.79 Å². The lowest BCUT2D eigenvalue weighted by molar-refractivity contribution is -0.119. The van der Waals surface area contributed by atoms with Crippen LogP contribution in [-0.4, -0.2) is 11.9 Å². The quantitative estimate of drug-likeness (QED) is 0.657. The van der Waals surface area contributed by atoms with Gasteiger partial charge in [-0.15, -0.1) is 0 Å². The predicted octanol–water partition coefficient (Wildman–Crippen LogP) is 0.575. The van der Waals surface area contributed by atoms with E-state index < -0.39 is 0 Å². The van der Waals surface area contributed by atoms with Crippen molar-refractivity contribution in [1.82, 2.24) is 5.32 Å². The standard InChI is InChI=1S/C10H12N2O/c11-8-6-9(13)12-10(8)7-4-2-1-3-5-7/h1-5,8,10H,6,11H2,(H,12,13). The van der Waals surface area contributed by atoms with Crippen LogP contribution in [0.15, 0.2) is 30.3 Å². The second-order valence-corrected chi connectivity index (χ2v) is 3.32. The van der Waals surface area contributed by atoms with Gasteiger partial charge >= 0.3 is 0 Å². The molecule has 2 rings (SSSR count). The average molecular weight is 176 g/mol. The molecule has 1 aliphatic heterocycles. The van der Waals surface area contributed by atoms with Gasteiger partial charge in [-0.2, -0.15) is 0 Å². The summed E-state index contributed by atoms with van der Waals surface area (Å²) in [5.74, 6) is 0.0429. The molecule has 1 amide bonds. The average Bonchev–Trinajstić information content (AvgIpc) is 2.47. The van der Waals surface area contributed by atoms with Crippen molar-refractivity contribution < 1.29 is 4.79 Å². The molecule has 1 aromatic carbocycles. The second-order valence-electron chi connectivity index (χ2n) is 3.32. The minimum absolute atomic E-state index is 0.00583. The first-order valence-electron chi connectivity index (χ1n) is 4.37. The largest absolute Gasteiger partial charge is 0.348 e. The van der Waals surface area contributed by atoms with Crippen LogP contribution in [0.3, 0.4) is 0 Å². The van der Waals surface area contributed by atoms with Crippen molar-refractivity contribution in [2.24, 2.45) is 5.73 Å². The first-order chi connectivity index (χ1) is 6.27. The van der Waals surface area contributed by atoms with Gasteiger partial charge in [0.2, 0.25) is 5.91 Å². The fraction of sp³-hybridized carbons (Fsp3) is 0.300. The zero-order valence-electron chi connectivity index (χ0n) is 7.23. The third kappa shape index (κ3) is 1.55. The molecular formula is C10H12N2O. The number of nitrogens with two attached hydrogens (primary N) is 1. The van der Waals surface area contributed by atoms with E-state index in [-0.39, 0.29) is 18.0 Å². The number of rotatable bonds is 1. The van der Waals surface area contributed by atoms with Crippen molar-refractivity contribution in [3.8, 4) is 0 Å². The van der Waals surface area contributed by atoms with Crippen molar-refractivity contribution in [3.05, 3.63) is 35.9 Å². The maximum Gasteiger partial charge on any atom is 0.222 e. The molecule has 13 heavy (non-hydrogen) atoms. The third-order valence-corrected chi connectivity index (χ3v) is 2.32. The Labute approximate surface area is 76.9 Å². The summed E-state index contributed by atoms with van der Waals surface area (Å²) in [6.45, 7) is 0. The van der Waals surface area contributed by atoms with Crippen molar-refractivity contribution >= 4 is 5.91 Å². The molecular weight excluding hydrogens is 164 g/mol. The Bertz CT molecular complexity index is 310. The molecule has 1 aliphatic rings. The van der Waals surface area contributed by atoms with E-state index in [1.165, 1.54) is 0 Å². The fourth-order valence-corrected chi connectivity index (χ4v) is 1.66. The van der Waals surface area contributed by atoms with E-state index in [2.05, 4.69) is 5.32 Å². The lowest BCUT2D eigenvalue weighted by atomic mass is 10.0. The zero-order chi connectivity index (χ0) is 9.26. The first-order valence-corrected chi connectivity index (χ1v) is 4.37. The third-order valence-electron chi connectivity index (χ3n) is 2.32. The van der Waals surface area contributed by atoms with Gasteiger partial charge in [0.05, 0.1) is 6.04 Å². The van der Waals surface area contributed by atoms with Gasteiger partial charge in [0.25, 0.3) is 0 Å². The molecule has 3 N–H and O–H groups in total. The van der Waals surface area contributed by atoms with Gasteiger partial charge in [-0.3, -0.25) is 4.79 Å². The number of hydrogen-bond acceptors (Lipinski definition) is 2. The van der Waals surface area contributed by atoms with Crippen LogP contribution in [0.5, 0.6) is 0 Å². The van der Waals surface area contributed by atoms with Gasteiger partial charge in [-0.25, -0.2) is 0 Å². The molecule has 2 unspecified atom stereocenters. The molecule has 0 spiro atoms. The van der Waals surface area contributed by atoms with Crippen LogP contribution in [0.2, 0.25) is 0 Å². The van der Waals surface area contributed by atoms with Crippen LogP contribution < -0.4 is 11.1 Å². The molecule has 1 heterocycles. The van der Waals surface area contributed by atoms with Crippen molar-refractivity contribution in [3.63, 3.8) is 0 Å². The number of carbonyl (C=O) groups excluding carboxylic acids is 1. The minimum Gasteiger partial charge on any atom is -0.348 e. The monoisotopic (exact) mass is 176 g/mol. The first kappa shape index (κ1) is 8.26. The molecule has 0 aromatic heterocycles. The van der Waals surface area contributed by atoms with E-state index in [1.54, 1.807) is 0 Å². The van der Waals surface area contributed by atoms with Gasteiger partial charge in [-0.1, -0.05) is 30.3 Å². The maximum atomic E-state index is 11.0. The Balaban J connectivity index is 2.23. The molecule has 68 valence electrons. The highest BCUT2D eigenvalue weighted by Gasteiger charge is 2.29. The number of benzene rings is 1. The van der Waals surface area contributed by atoms with E-state index in [0.717, 1.165) is 5.56 Å². The summed E-state index contributed by atoms with van der Waals surface area (Å²) in [6, 6.07) is 9.72. The van der Waals surface area contributed by atoms with Crippen molar-refractivity contribution in [1.29, 1.82) is 0 Å². The molecule has 3 heteroatoms. The summed E-state index contributed by atoms with van der Waals surface area (Å²) >= 11 is 0. The van der Waals surface area contributed by atoms with Crippen molar-refractivity contribution in [2.45, 2.75) is 18.5 Å². The molecule has 3 nitrogen and oxygen atoms in total. The highest BCUT2D eigenvalue weighted by Crippen LogP contribution is 2.22. The SMILES string of the molecule is NC1CC(=O)NC1c1ccccc1. The van der Waals surface area contributed by atoms with Crippen LogP contribution in [0.25, 0.3) is 0 Å². The highest BCUT2D eigenvalue weighted by atomic mass is 16.2.